The highest BCUT2D eigenvalue weighted by Crippen LogP contribution is 2.36. The summed E-state index contributed by atoms with van der Waals surface area (Å²) in [5.41, 5.74) is -0.466. The fourth-order valence-corrected chi connectivity index (χ4v) is 1.84. The topological polar surface area (TPSA) is 47.0 Å². The third kappa shape index (κ3) is 3.91. The molecule has 1 aromatic carbocycles. The molecule has 0 aliphatic heterocycles. The first-order chi connectivity index (χ1) is 10.0. The molecule has 2 aromatic rings. The number of methoxy groups -OCH3 is 1. The number of hydrogen-bond acceptors (Lipinski definition) is 4. The van der Waals surface area contributed by atoms with E-state index in [2.05, 4.69) is 15.3 Å². The van der Waals surface area contributed by atoms with Crippen LogP contribution in [0.5, 0.6) is 0 Å². The number of hydrogen-bond donors (Lipinski definition) is 1. The van der Waals surface area contributed by atoms with Crippen LogP contribution in [0.15, 0.2) is 36.7 Å². The van der Waals surface area contributed by atoms with Crippen molar-refractivity contribution in [3.8, 4) is 11.3 Å². The van der Waals surface area contributed by atoms with E-state index in [9.17, 15) is 13.2 Å². The molecule has 1 aromatic heterocycles. The molecule has 0 bridgehead atoms. The van der Waals surface area contributed by atoms with Gasteiger partial charge in [0.2, 0.25) is 0 Å². The summed E-state index contributed by atoms with van der Waals surface area (Å²) < 4.78 is 43.9. The molecule has 112 valence electrons. The normalized spacial score (nSPS) is 11.4. The molecule has 0 amide bonds. The maximum atomic E-state index is 13.0. The lowest BCUT2D eigenvalue weighted by molar-refractivity contribution is -0.137. The van der Waals surface area contributed by atoms with E-state index in [1.807, 2.05) is 0 Å². The Morgan fingerprint density at radius 2 is 1.95 bits per heavy atom. The van der Waals surface area contributed by atoms with Crippen LogP contribution in [-0.2, 0) is 10.9 Å². The minimum atomic E-state index is -4.43. The molecule has 4 nitrogen and oxygen atoms in total. The second kappa shape index (κ2) is 6.53. The van der Waals surface area contributed by atoms with Crippen LogP contribution in [0.3, 0.4) is 0 Å². The molecule has 0 atom stereocenters. The van der Waals surface area contributed by atoms with Gasteiger partial charge in [-0.1, -0.05) is 18.2 Å². The third-order valence-electron chi connectivity index (χ3n) is 2.79. The van der Waals surface area contributed by atoms with Gasteiger partial charge in [-0.2, -0.15) is 13.2 Å². The van der Waals surface area contributed by atoms with Crippen LogP contribution in [0.4, 0.5) is 19.0 Å². The van der Waals surface area contributed by atoms with Crippen molar-refractivity contribution < 1.29 is 17.9 Å². The van der Waals surface area contributed by atoms with Crippen LogP contribution in [0.25, 0.3) is 11.3 Å². The Bertz CT molecular complexity index is 602. The molecule has 0 aliphatic rings. The van der Waals surface area contributed by atoms with Crippen molar-refractivity contribution in [2.45, 2.75) is 6.18 Å². The lowest BCUT2D eigenvalue weighted by atomic mass is 10.0. The molecule has 0 spiro atoms. The van der Waals surface area contributed by atoms with Crippen molar-refractivity contribution in [2.75, 3.05) is 25.6 Å². The SMILES string of the molecule is COCCNc1cc(-c2ccccc2C(F)(F)F)ncn1. The molecule has 2 rings (SSSR count). The Kier molecular flexibility index (Phi) is 4.74. The maximum Gasteiger partial charge on any atom is 0.417 e. The predicted molar refractivity (Wildman–Crippen MR) is 72.8 cm³/mol. The summed E-state index contributed by atoms with van der Waals surface area (Å²) in [6.45, 7) is 0.979. The lowest BCUT2D eigenvalue weighted by Gasteiger charge is -2.12. The van der Waals surface area contributed by atoms with Gasteiger partial charge in [-0.3, -0.25) is 0 Å². The third-order valence-corrected chi connectivity index (χ3v) is 2.79. The summed E-state index contributed by atoms with van der Waals surface area (Å²) in [4.78, 5) is 7.90. The standard InChI is InChI=1S/C14H14F3N3O/c1-21-7-6-18-13-8-12(19-9-20-13)10-4-2-3-5-11(10)14(15,16)17/h2-5,8-9H,6-7H2,1H3,(H,18,19,20). The Labute approximate surface area is 120 Å². The molecule has 0 saturated carbocycles. The van der Waals surface area contributed by atoms with Crippen LogP contribution in [0.1, 0.15) is 5.56 Å². The van der Waals surface area contributed by atoms with Crippen LogP contribution < -0.4 is 5.32 Å². The molecule has 0 unspecified atom stereocenters. The summed E-state index contributed by atoms with van der Waals surface area (Å²) in [5, 5.41) is 2.96. The second-order valence-corrected chi connectivity index (χ2v) is 4.25. The number of anilines is 1. The average Bonchev–Trinajstić information content (AvgIpc) is 2.47. The summed E-state index contributed by atoms with van der Waals surface area (Å²) in [7, 11) is 1.56. The number of nitrogens with one attached hydrogen (secondary N) is 1. The zero-order valence-corrected chi connectivity index (χ0v) is 11.3. The molecule has 21 heavy (non-hydrogen) atoms. The number of halogens is 3. The molecule has 0 saturated heterocycles. The van der Waals surface area contributed by atoms with E-state index in [1.165, 1.54) is 24.5 Å². The minimum Gasteiger partial charge on any atom is -0.383 e. The summed E-state index contributed by atoms with van der Waals surface area (Å²) >= 11 is 0. The van der Waals surface area contributed by atoms with Crippen LogP contribution >= 0.6 is 0 Å². The van der Waals surface area contributed by atoms with Crippen molar-refractivity contribution >= 4 is 5.82 Å². The highest BCUT2D eigenvalue weighted by molar-refractivity contribution is 5.66. The monoisotopic (exact) mass is 297 g/mol. The van der Waals surface area contributed by atoms with Crippen molar-refractivity contribution in [1.29, 1.82) is 0 Å². The van der Waals surface area contributed by atoms with E-state index < -0.39 is 11.7 Å². The molecule has 0 radical (unpaired) electrons. The van der Waals surface area contributed by atoms with E-state index in [1.54, 1.807) is 13.2 Å². The Morgan fingerprint density at radius 3 is 2.67 bits per heavy atom. The molecule has 7 heteroatoms. The molecule has 0 aliphatic carbocycles. The van der Waals surface area contributed by atoms with E-state index in [4.69, 9.17) is 4.74 Å². The zero-order chi connectivity index (χ0) is 15.3. The van der Waals surface area contributed by atoms with Gasteiger partial charge >= 0.3 is 6.18 Å². The number of ether oxygens (including phenoxy) is 1. The molecule has 1 heterocycles. The fraction of sp³-hybridized carbons (Fsp3) is 0.286. The van der Waals surface area contributed by atoms with Gasteiger partial charge in [-0.05, 0) is 6.07 Å². The van der Waals surface area contributed by atoms with E-state index in [0.717, 1.165) is 6.07 Å². The number of rotatable bonds is 5. The quantitative estimate of drug-likeness (QED) is 0.861. The Morgan fingerprint density at radius 1 is 1.19 bits per heavy atom. The van der Waals surface area contributed by atoms with Crippen molar-refractivity contribution in [3.63, 3.8) is 0 Å². The fourth-order valence-electron chi connectivity index (χ4n) is 1.84. The van der Waals surface area contributed by atoms with Crippen molar-refractivity contribution in [3.05, 3.63) is 42.2 Å². The Hall–Kier alpha value is -2.15. The first-order valence-electron chi connectivity index (χ1n) is 6.24. The smallest absolute Gasteiger partial charge is 0.383 e. The molecular weight excluding hydrogens is 283 g/mol. The van der Waals surface area contributed by atoms with Crippen LogP contribution in [-0.4, -0.2) is 30.2 Å². The number of nitrogens with zero attached hydrogens (tertiary/aromatic N) is 2. The lowest BCUT2D eigenvalue weighted by Crippen LogP contribution is -2.10. The number of alkyl halides is 3. The average molecular weight is 297 g/mol. The van der Waals surface area contributed by atoms with E-state index >= 15 is 0 Å². The van der Waals surface area contributed by atoms with Crippen LogP contribution in [0, 0.1) is 0 Å². The van der Waals surface area contributed by atoms with Gasteiger partial charge in [0.1, 0.15) is 12.1 Å². The van der Waals surface area contributed by atoms with Gasteiger partial charge in [-0.25, -0.2) is 9.97 Å². The predicted octanol–water partition coefficient (Wildman–Crippen LogP) is 3.22. The summed E-state index contributed by atoms with van der Waals surface area (Å²) in [6.07, 6.45) is -3.19. The number of benzene rings is 1. The summed E-state index contributed by atoms with van der Waals surface area (Å²) in [6, 6.07) is 6.82. The van der Waals surface area contributed by atoms with Gasteiger partial charge in [0.15, 0.2) is 0 Å². The Balaban J connectivity index is 2.32. The first kappa shape index (κ1) is 15.2. The van der Waals surface area contributed by atoms with Gasteiger partial charge in [-0.15, -0.1) is 0 Å². The second-order valence-electron chi connectivity index (χ2n) is 4.25. The van der Waals surface area contributed by atoms with Crippen molar-refractivity contribution in [1.82, 2.24) is 9.97 Å². The minimum absolute atomic E-state index is 0.0298. The molecular formula is C14H14F3N3O. The maximum absolute atomic E-state index is 13.0. The zero-order valence-electron chi connectivity index (χ0n) is 11.3. The van der Waals surface area contributed by atoms with Gasteiger partial charge in [0.25, 0.3) is 0 Å². The number of aromatic nitrogens is 2. The van der Waals surface area contributed by atoms with Gasteiger partial charge in [0.05, 0.1) is 17.9 Å². The highest BCUT2D eigenvalue weighted by atomic mass is 19.4. The highest BCUT2D eigenvalue weighted by Gasteiger charge is 2.33. The van der Waals surface area contributed by atoms with E-state index in [0.29, 0.717) is 19.0 Å². The van der Waals surface area contributed by atoms with Gasteiger partial charge < -0.3 is 10.1 Å². The molecule has 0 fully saturated rings. The van der Waals surface area contributed by atoms with Crippen molar-refractivity contribution in [2.24, 2.45) is 0 Å². The van der Waals surface area contributed by atoms with Crippen LogP contribution in [0.2, 0.25) is 0 Å². The summed E-state index contributed by atoms with van der Waals surface area (Å²) in [5.74, 6) is 0.453. The largest absolute Gasteiger partial charge is 0.417 e. The van der Waals surface area contributed by atoms with Gasteiger partial charge in [0, 0.05) is 25.3 Å². The van der Waals surface area contributed by atoms with E-state index in [-0.39, 0.29) is 11.3 Å². The molecule has 1 N–H and O–H groups in total. The first-order valence-corrected chi connectivity index (χ1v) is 6.24.